The van der Waals surface area contributed by atoms with Gasteiger partial charge in [0.25, 0.3) is 5.91 Å². The minimum atomic E-state index is -0.892. The highest BCUT2D eigenvalue weighted by molar-refractivity contribution is 6.07. The van der Waals surface area contributed by atoms with Crippen LogP contribution in [0.4, 0.5) is 4.79 Å². The molecular formula is C19H26N4O3. The van der Waals surface area contributed by atoms with Crippen LogP contribution >= 0.6 is 0 Å². The Morgan fingerprint density at radius 3 is 2.31 bits per heavy atom. The van der Waals surface area contributed by atoms with Crippen molar-refractivity contribution in [1.29, 1.82) is 0 Å². The van der Waals surface area contributed by atoms with E-state index in [-0.39, 0.29) is 24.5 Å². The molecule has 1 aromatic rings. The highest BCUT2D eigenvalue weighted by atomic mass is 16.3. The largest absolute Gasteiger partial charge is 0.395 e. The monoisotopic (exact) mass is 358 g/mol. The Labute approximate surface area is 153 Å². The van der Waals surface area contributed by atoms with Crippen LogP contribution in [0, 0.1) is 5.92 Å². The molecule has 0 bridgehead atoms. The summed E-state index contributed by atoms with van der Waals surface area (Å²) < 4.78 is 0. The van der Waals surface area contributed by atoms with Gasteiger partial charge in [0.1, 0.15) is 5.54 Å². The maximum atomic E-state index is 13.3. The van der Waals surface area contributed by atoms with Gasteiger partial charge in [-0.3, -0.25) is 14.6 Å². The van der Waals surface area contributed by atoms with Crippen LogP contribution in [0.2, 0.25) is 0 Å². The lowest BCUT2D eigenvalue weighted by Gasteiger charge is -2.36. The van der Waals surface area contributed by atoms with E-state index < -0.39 is 5.54 Å². The molecule has 3 amide bonds. The van der Waals surface area contributed by atoms with E-state index in [0.717, 1.165) is 44.6 Å². The number of nitrogens with one attached hydrogen (secondary N) is 1. The van der Waals surface area contributed by atoms with Crippen molar-refractivity contribution in [1.82, 2.24) is 20.0 Å². The zero-order chi connectivity index (χ0) is 18.1. The average molecular weight is 358 g/mol. The molecule has 3 aliphatic rings. The number of hydrogen-bond acceptors (Lipinski definition) is 5. The summed E-state index contributed by atoms with van der Waals surface area (Å²) in [5, 5.41) is 12.1. The molecule has 0 radical (unpaired) electrons. The van der Waals surface area contributed by atoms with Gasteiger partial charge < -0.3 is 10.4 Å². The number of carbonyl (C=O) groups is 2. The van der Waals surface area contributed by atoms with Crippen molar-refractivity contribution in [3.63, 3.8) is 0 Å². The molecule has 0 aromatic heterocycles. The summed E-state index contributed by atoms with van der Waals surface area (Å²) in [6.07, 6.45) is 1.93. The number of amides is 3. The fourth-order valence-corrected chi connectivity index (χ4v) is 4.14. The van der Waals surface area contributed by atoms with Gasteiger partial charge in [0.05, 0.1) is 13.3 Å². The first kappa shape index (κ1) is 17.5. The van der Waals surface area contributed by atoms with E-state index >= 15 is 0 Å². The summed E-state index contributed by atoms with van der Waals surface area (Å²) in [6.45, 7) is 4.44. The second kappa shape index (κ2) is 6.98. The minimum absolute atomic E-state index is 0.117. The highest BCUT2D eigenvalue weighted by Crippen LogP contribution is 2.48. The molecule has 1 atom stereocenters. The molecule has 2 saturated heterocycles. The van der Waals surface area contributed by atoms with E-state index in [1.807, 2.05) is 30.3 Å². The van der Waals surface area contributed by atoms with Crippen molar-refractivity contribution >= 4 is 11.9 Å². The number of carbonyl (C=O) groups excluding carboxylic acids is 2. The summed E-state index contributed by atoms with van der Waals surface area (Å²) in [6, 6.07) is 9.35. The second-order valence-electron chi connectivity index (χ2n) is 7.44. The molecule has 2 N–H and O–H groups in total. The lowest BCUT2D eigenvalue weighted by Crippen LogP contribution is -2.52. The highest BCUT2D eigenvalue weighted by Gasteiger charge is 2.60. The van der Waals surface area contributed by atoms with E-state index in [1.54, 1.807) is 0 Å². The topological polar surface area (TPSA) is 76.1 Å². The van der Waals surface area contributed by atoms with Gasteiger partial charge in [-0.25, -0.2) is 9.69 Å². The third-order valence-electron chi connectivity index (χ3n) is 5.77. The van der Waals surface area contributed by atoms with E-state index in [9.17, 15) is 9.59 Å². The van der Waals surface area contributed by atoms with Crippen LogP contribution in [0.15, 0.2) is 30.3 Å². The summed E-state index contributed by atoms with van der Waals surface area (Å²) in [5.41, 5.74) is -0.00652. The summed E-state index contributed by atoms with van der Waals surface area (Å²) in [7, 11) is 0. The number of imide groups is 1. The predicted molar refractivity (Wildman–Crippen MR) is 96.2 cm³/mol. The third kappa shape index (κ3) is 3.00. The minimum Gasteiger partial charge on any atom is -0.395 e. The van der Waals surface area contributed by atoms with Crippen molar-refractivity contribution in [2.75, 3.05) is 46.0 Å². The molecule has 0 spiro atoms. The molecule has 1 saturated carbocycles. The van der Waals surface area contributed by atoms with Gasteiger partial charge in [-0.1, -0.05) is 30.3 Å². The van der Waals surface area contributed by atoms with Gasteiger partial charge >= 0.3 is 6.03 Å². The molecule has 4 rings (SSSR count). The molecular weight excluding hydrogens is 332 g/mol. The number of urea groups is 1. The number of aliphatic hydroxyl groups excluding tert-OH is 1. The lowest BCUT2D eigenvalue weighted by atomic mass is 9.85. The molecule has 3 fully saturated rings. The van der Waals surface area contributed by atoms with Crippen LogP contribution in [-0.2, 0) is 10.3 Å². The Hall–Kier alpha value is -1.96. The van der Waals surface area contributed by atoms with Gasteiger partial charge in [0.15, 0.2) is 0 Å². The number of rotatable bonds is 6. The van der Waals surface area contributed by atoms with E-state index in [4.69, 9.17) is 5.11 Å². The Kier molecular flexibility index (Phi) is 4.69. The zero-order valence-corrected chi connectivity index (χ0v) is 14.9. The standard InChI is InChI=1S/C19H26N4O3/c24-13-12-21-8-10-22(11-9-21)14-23-17(25)19(16-6-7-16,20-18(23)26)15-4-2-1-3-5-15/h1-5,16,24H,6-14H2,(H,20,26). The molecule has 140 valence electrons. The number of benzene rings is 1. The Balaban J connectivity index is 1.49. The fourth-order valence-electron chi connectivity index (χ4n) is 4.14. The van der Waals surface area contributed by atoms with Gasteiger partial charge in [0, 0.05) is 32.7 Å². The number of piperazine rings is 1. The first-order valence-corrected chi connectivity index (χ1v) is 9.40. The Morgan fingerprint density at radius 1 is 1.04 bits per heavy atom. The summed E-state index contributed by atoms with van der Waals surface area (Å²) >= 11 is 0. The average Bonchev–Trinajstić information content (AvgIpc) is 3.48. The summed E-state index contributed by atoms with van der Waals surface area (Å²) in [4.78, 5) is 31.7. The van der Waals surface area contributed by atoms with Crippen LogP contribution in [-0.4, -0.2) is 77.7 Å². The van der Waals surface area contributed by atoms with Crippen molar-refractivity contribution in [3.8, 4) is 0 Å². The maximum absolute atomic E-state index is 13.3. The quantitative estimate of drug-likeness (QED) is 0.721. The van der Waals surface area contributed by atoms with E-state index in [0.29, 0.717) is 13.2 Å². The second-order valence-corrected chi connectivity index (χ2v) is 7.44. The van der Waals surface area contributed by atoms with Gasteiger partial charge in [-0.05, 0) is 24.3 Å². The molecule has 7 nitrogen and oxygen atoms in total. The molecule has 26 heavy (non-hydrogen) atoms. The molecule has 2 heterocycles. The lowest BCUT2D eigenvalue weighted by molar-refractivity contribution is -0.134. The van der Waals surface area contributed by atoms with E-state index in [2.05, 4.69) is 15.1 Å². The van der Waals surface area contributed by atoms with E-state index in [1.165, 1.54) is 4.90 Å². The third-order valence-corrected chi connectivity index (χ3v) is 5.77. The van der Waals surface area contributed by atoms with Gasteiger partial charge in [-0.2, -0.15) is 0 Å². The van der Waals surface area contributed by atoms with Crippen molar-refractivity contribution in [2.24, 2.45) is 5.92 Å². The first-order chi connectivity index (χ1) is 12.6. The van der Waals surface area contributed by atoms with Crippen molar-refractivity contribution in [2.45, 2.75) is 18.4 Å². The van der Waals surface area contributed by atoms with Crippen LogP contribution in [0.25, 0.3) is 0 Å². The smallest absolute Gasteiger partial charge is 0.326 e. The predicted octanol–water partition coefficient (Wildman–Crippen LogP) is 0.411. The first-order valence-electron chi connectivity index (χ1n) is 9.40. The Bertz CT molecular complexity index is 671. The van der Waals surface area contributed by atoms with Gasteiger partial charge in [-0.15, -0.1) is 0 Å². The van der Waals surface area contributed by atoms with Crippen LogP contribution in [0.5, 0.6) is 0 Å². The van der Waals surface area contributed by atoms with Crippen LogP contribution in [0.1, 0.15) is 18.4 Å². The van der Waals surface area contributed by atoms with Crippen molar-refractivity contribution < 1.29 is 14.7 Å². The van der Waals surface area contributed by atoms with Gasteiger partial charge in [0.2, 0.25) is 0 Å². The number of aliphatic hydroxyl groups is 1. The maximum Gasteiger partial charge on any atom is 0.326 e. The van der Waals surface area contributed by atoms with Crippen LogP contribution in [0.3, 0.4) is 0 Å². The molecule has 1 unspecified atom stereocenters. The number of nitrogens with zero attached hydrogens (tertiary/aromatic N) is 3. The normalized spacial score (nSPS) is 27.8. The number of hydrogen-bond donors (Lipinski definition) is 2. The summed E-state index contributed by atoms with van der Waals surface area (Å²) in [5.74, 6) is 0.0711. The molecule has 7 heteroatoms. The van der Waals surface area contributed by atoms with Crippen LogP contribution < -0.4 is 5.32 Å². The Morgan fingerprint density at radius 2 is 1.69 bits per heavy atom. The number of β-amino-alcohol motifs (C(OH)–C–C–N with tert-alkyl or cyclic N) is 1. The van der Waals surface area contributed by atoms with Crippen molar-refractivity contribution in [3.05, 3.63) is 35.9 Å². The zero-order valence-electron chi connectivity index (χ0n) is 14.9. The molecule has 1 aliphatic carbocycles. The molecule has 2 aliphatic heterocycles. The SMILES string of the molecule is O=C1NC(c2ccccc2)(C2CC2)C(=O)N1CN1CCN(CCO)CC1. The molecule has 1 aromatic carbocycles. The fraction of sp³-hybridized carbons (Fsp3) is 0.579.